The fraction of sp³-hybridized carbons (Fsp3) is 0.308. The summed E-state index contributed by atoms with van der Waals surface area (Å²) in [5.74, 6) is 0. The van der Waals surface area contributed by atoms with Gasteiger partial charge in [-0.05, 0) is 43.4 Å². The Morgan fingerprint density at radius 2 is 2.00 bits per heavy atom. The summed E-state index contributed by atoms with van der Waals surface area (Å²) in [5.41, 5.74) is 4.35. The average Bonchev–Trinajstić information content (AvgIpc) is 2.72. The van der Waals surface area contributed by atoms with Crippen LogP contribution in [0.1, 0.15) is 23.2 Å². The van der Waals surface area contributed by atoms with Gasteiger partial charge in [0.15, 0.2) is 0 Å². The molecule has 1 aromatic heterocycles. The van der Waals surface area contributed by atoms with Crippen LogP contribution < -0.4 is 0 Å². The molecule has 82 valence electrons. The number of nitrogens with zero attached hydrogens (tertiary/aromatic N) is 1. The molecule has 0 saturated heterocycles. The number of benzene rings is 1. The third-order valence-corrected chi connectivity index (χ3v) is 3.98. The van der Waals surface area contributed by atoms with Crippen molar-refractivity contribution in [2.75, 3.05) is 0 Å². The largest absolute Gasteiger partial charge is 0.251 e. The molecule has 1 aliphatic carbocycles. The van der Waals surface area contributed by atoms with Crippen LogP contribution in [-0.4, -0.2) is 4.98 Å². The van der Waals surface area contributed by atoms with Gasteiger partial charge in [0.1, 0.15) is 0 Å². The Labute approximate surface area is 104 Å². The topological polar surface area (TPSA) is 12.9 Å². The molecule has 0 spiro atoms. The van der Waals surface area contributed by atoms with E-state index in [1.807, 2.05) is 19.1 Å². The number of aryl methyl sites for hydroxylation is 2. The normalized spacial score (nSPS) is 14.4. The van der Waals surface area contributed by atoms with Crippen LogP contribution in [0.25, 0.3) is 10.9 Å². The number of fused-ring (bicyclic) bond motifs is 2. The van der Waals surface area contributed by atoms with Crippen LogP contribution in [0.2, 0.25) is 10.0 Å². The fourth-order valence-corrected chi connectivity index (χ4v) is 3.07. The van der Waals surface area contributed by atoms with Gasteiger partial charge in [0.2, 0.25) is 0 Å². The lowest BCUT2D eigenvalue weighted by Gasteiger charge is -2.10. The minimum atomic E-state index is 0.692. The monoisotopic (exact) mass is 251 g/mol. The molecule has 3 rings (SSSR count). The first-order valence-electron chi connectivity index (χ1n) is 5.44. The Kier molecular flexibility index (Phi) is 2.34. The summed E-state index contributed by atoms with van der Waals surface area (Å²) in [5, 5.41) is 2.57. The lowest BCUT2D eigenvalue weighted by atomic mass is 10.1. The summed E-state index contributed by atoms with van der Waals surface area (Å²) in [6.07, 6.45) is 3.22. The molecule has 0 amide bonds. The van der Waals surface area contributed by atoms with Crippen molar-refractivity contribution < 1.29 is 0 Å². The molecule has 16 heavy (non-hydrogen) atoms. The van der Waals surface area contributed by atoms with Crippen LogP contribution in [0.15, 0.2) is 12.1 Å². The molecule has 1 aliphatic rings. The van der Waals surface area contributed by atoms with Crippen molar-refractivity contribution in [3.05, 3.63) is 39.0 Å². The molecule has 0 radical (unpaired) electrons. The summed E-state index contributed by atoms with van der Waals surface area (Å²) in [6, 6.07) is 3.89. The molecule has 0 unspecified atom stereocenters. The molecule has 0 bridgehead atoms. The highest BCUT2D eigenvalue weighted by Gasteiger charge is 2.20. The number of rotatable bonds is 0. The summed E-state index contributed by atoms with van der Waals surface area (Å²) < 4.78 is 0. The lowest BCUT2D eigenvalue weighted by Crippen LogP contribution is -1.94. The van der Waals surface area contributed by atoms with Gasteiger partial charge in [0, 0.05) is 11.1 Å². The number of halogens is 2. The molecule has 0 fully saturated rings. The highest BCUT2D eigenvalue weighted by atomic mass is 35.5. The van der Waals surface area contributed by atoms with Gasteiger partial charge in [-0.15, -0.1) is 0 Å². The molecule has 3 heteroatoms. The van der Waals surface area contributed by atoms with E-state index in [0.717, 1.165) is 46.4 Å². The van der Waals surface area contributed by atoms with E-state index in [4.69, 9.17) is 23.2 Å². The SMILES string of the molecule is Cc1ccc(Cl)c2nc3c(c(Cl)c12)CCC3. The molecule has 0 aliphatic heterocycles. The Morgan fingerprint density at radius 1 is 1.19 bits per heavy atom. The van der Waals surface area contributed by atoms with Gasteiger partial charge >= 0.3 is 0 Å². The third-order valence-electron chi connectivity index (χ3n) is 3.26. The molecule has 0 saturated carbocycles. The number of pyridine rings is 1. The van der Waals surface area contributed by atoms with Crippen molar-refractivity contribution in [2.45, 2.75) is 26.2 Å². The fourth-order valence-electron chi connectivity index (χ4n) is 2.43. The van der Waals surface area contributed by atoms with Gasteiger partial charge in [-0.1, -0.05) is 29.3 Å². The standard InChI is InChI=1S/C13H11Cl2N/c1-7-5-6-9(14)13-11(7)12(15)8-3-2-4-10(8)16-13/h5-6H,2-4H2,1H3. The van der Waals surface area contributed by atoms with Crippen molar-refractivity contribution >= 4 is 34.1 Å². The maximum atomic E-state index is 6.47. The zero-order valence-corrected chi connectivity index (χ0v) is 10.5. The highest BCUT2D eigenvalue weighted by molar-refractivity contribution is 6.40. The van der Waals surface area contributed by atoms with E-state index in [9.17, 15) is 0 Å². The van der Waals surface area contributed by atoms with E-state index in [0.29, 0.717) is 5.02 Å². The van der Waals surface area contributed by atoms with Crippen LogP contribution in [0.4, 0.5) is 0 Å². The predicted molar refractivity (Wildman–Crippen MR) is 68.5 cm³/mol. The molecular formula is C13H11Cl2N. The second-order valence-electron chi connectivity index (χ2n) is 4.29. The molecule has 0 N–H and O–H groups in total. The van der Waals surface area contributed by atoms with E-state index in [1.165, 1.54) is 5.56 Å². The maximum absolute atomic E-state index is 6.47. The molecular weight excluding hydrogens is 241 g/mol. The van der Waals surface area contributed by atoms with E-state index in [-0.39, 0.29) is 0 Å². The minimum absolute atomic E-state index is 0.692. The molecule has 2 aromatic rings. The van der Waals surface area contributed by atoms with Gasteiger partial charge in [-0.3, -0.25) is 4.98 Å². The predicted octanol–water partition coefficient (Wildman–Crippen LogP) is 4.34. The zero-order chi connectivity index (χ0) is 11.3. The van der Waals surface area contributed by atoms with E-state index in [2.05, 4.69) is 4.98 Å². The molecule has 1 nitrogen and oxygen atoms in total. The average molecular weight is 252 g/mol. The van der Waals surface area contributed by atoms with Gasteiger partial charge in [-0.2, -0.15) is 0 Å². The quantitative estimate of drug-likeness (QED) is 0.679. The van der Waals surface area contributed by atoms with Gasteiger partial charge in [0.05, 0.1) is 15.6 Å². The summed E-state index contributed by atoms with van der Waals surface area (Å²) in [7, 11) is 0. The number of aromatic nitrogens is 1. The molecule has 1 aromatic carbocycles. The van der Waals surface area contributed by atoms with E-state index >= 15 is 0 Å². The van der Waals surface area contributed by atoms with Crippen molar-refractivity contribution in [3.8, 4) is 0 Å². The van der Waals surface area contributed by atoms with E-state index < -0.39 is 0 Å². The van der Waals surface area contributed by atoms with Crippen LogP contribution in [0, 0.1) is 6.92 Å². The first-order chi connectivity index (χ1) is 7.68. The molecule has 0 atom stereocenters. The second-order valence-corrected chi connectivity index (χ2v) is 5.08. The Hall–Kier alpha value is -0.790. The summed E-state index contributed by atoms with van der Waals surface area (Å²) >= 11 is 12.6. The Bertz CT molecular complexity index is 590. The first kappa shape index (κ1) is 10.4. The highest BCUT2D eigenvalue weighted by Crippen LogP contribution is 2.37. The number of hydrogen-bond donors (Lipinski definition) is 0. The van der Waals surface area contributed by atoms with Crippen LogP contribution in [-0.2, 0) is 12.8 Å². The summed E-state index contributed by atoms with van der Waals surface area (Å²) in [4.78, 5) is 4.66. The summed E-state index contributed by atoms with van der Waals surface area (Å²) in [6.45, 7) is 2.05. The second kappa shape index (κ2) is 3.61. The smallest absolute Gasteiger partial charge is 0.0909 e. The van der Waals surface area contributed by atoms with E-state index in [1.54, 1.807) is 0 Å². The van der Waals surface area contributed by atoms with Crippen molar-refractivity contribution in [1.29, 1.82) is 0 Å². The van der Waals surface area contributed by atoms with Gasteiger partial charge < -0.3 is 0 Å². The van der Waals surface area contributed by atoms with Gasteiger partial charge in [0.25, 0.3) is 0 Å². The van der Waals surface area contributed by atoms with Crippen molar-refractivity contribution in [3.63, 3.8) is 0 Å². The first-order valence-corrected chi connectivity index (χ1v) is 6.20. The zero-order valence-electron chi connectivity index (χ0n) is 8.98. The Morgan fingerprint density at radius 3 is 2.81 bits per heavy atom. The maximum Gasteiger partial charge on any atom is 0.0909 e. The number of hydrogen-bond acceptors (Lipinski definition) is 1. The van der Waals surface area contributed by atoms with Gasteiger partial charge in [-0.25, -0.2) is 0 Å². The minimum Gasteiger partial charge on any atom is -0.251 e. The van der Waals surface area contributed by atoms with Crippen LogP contribution in [0.5, 0.6) is 0 Å². The third kappa shape index (κ3) is 1.35. The van der Waals surface area contributed by atoms with Crippen molar-refractivity contribution in [1.82, 2.24) is 4.98 Å². The van der Waals surface area contributed by atoms with Crippen LogP contribution in [0.3, 0.4) is 0 Å². The lowest BCUT2D eigenvalue weighted by molar-refractivity contribution is 0.901. The van der Waals surface area contributed by atoms with Crippen molar-refractivity contribution in [2.24, 2.45) is 0 Å². The van der Waals surface area contributed by atoms with Crippen LogP contribution >= 0.6 is 23.2 Å². The Balaban J connectivity index is 2.50. The molecule has 1 heterocycles.